The summed E-state index contributed by atoms with van der Waals surface area (Å²) in [5, 5.41) is 6.13. The van der Waals surface area contributed by atoms with Crippen molar-refractivity contribution in [2.45, 2.75) is 12.6 Å². The summed E-state index contributed by atoms with van der Waals surface area (Å²) in [6.07, 6.45) is -0.346. The Kier molecular flexibility index (Phi) is 3.54. The summed E-state index contributed by atoms with van der Waals surface area (Å²) in [7, 11) is 0. The van der Waals surface area contributed by atoms with Crippen molar-refractivity contribution in [3.8, 4) is 0 Å². The summed E-state index contributed by atoms with van der Waals surface area (Å²) in [5.41, 5.74) is 3.36. The molecule has 102 valence electrons. The topological polar surface area (TPSA) is 50.4 Å². The first-order chi connectivity index (χ1) is 9.81. The van der Waals surface area contributed by atoms with E-state index in [1.807, 2.05) is 42.5 Å². The minimum absolute atomic E-state index is 0.0364. The summed E-state index contributed by atoms with van der Waals surface area (Å²) in [6.45, 7) is 1.19. The molecular formula is C16H16N2O2. The molecule has 2 aromatic rings. The van der Waals surface area contributed by atoms with Crippen LogP contribution in [0.2, 0.25) is 0 Å². The first-order valence-corrected chi connectivity index (χ1v) is 6.62. The minimum Gasteiger partial charge on any atom is -0.447 e. The lowest BCUT2D eigenvalue weighted by molar-refractivity contribution is 0.177. The summed E-state index contributed by atoms with van der Waals surface area (Å²) in [4.78, 5) is 11.0. The molecule has 0 aromatic heterocycles. The molecule has 3 rings (SSSR count). The van der Waals surface area contributed by atoms with Gasteiger partial charge in [0.15, 0.2) is 0 Å². The molecule has 20 heavy (non-hydrogen) atoms. The molecule has 1 heterocycles. The van der Waals surface area contributed by atoms with Gasteiger partial charge in [-0.2, -0.15) is 0 Å². The number of ether oxygens (including phenoxy) is 1. The highest BCUT2D eigenvalue weighted by molar-refractivity contribution is 5.70. The quantitative estimate of drug-likeness (QED) is 0.896. The molecule has 0 unspecified atom stereocenters. The minimum atomic E-state index is -0.346. The number of alkyl carbamates (subject to hydrolysis) is 1. The van der Waals surface area contributed by atoms with Gasteiger partial charge in [0, 0.05) is 12.2 Å². The van der Waals surface area contributed by atoms with Gasteiger partial charge in [-0.15, -0.1) is 0 Å². The SMILES string of the molecule is O=C1N[C@H](c2ccc(NCc3ccccc3)cc2)CO1. The van der Waals surface area contributed by atoms with Crippen LogP contribution in [0.5, 0.6) is 0 Å². The van der Waals surface area contributed by atoms with Crippen LogP contribution < -0.4 is 10.6 Å². The van der Waals surface area contributed by atoms with Gasteiger partial charge in [0.2, 0.25) is 0 Å². The maximum Gasteiger partial charge on any atom is 0.407 e. The largest absolute Gasteiger partial charge is 0.447 e. The molecule has 2 aromatic carbocycles. The summed E-state index contributed by atoms with van der Waals surface area (Å²) >= 11 is 0. The molecule has 0 radical (unpaired) electrons. The molecule has 0 saturated carbocycles. The van der Waals surface area contributed by atoms with Crippen LogP contribution in [0, 0.1) is 0 Å². The van der Waals surface area contributed by atoms with Crippen LogP contribution in [0.4, 0.5) is 10.5 Å². The van der Waals surface area contributed by atoms with E-state index < -0.39 is 0 Å². The van der Waals surface area contributed by atoms with E-state index in [0.717, 1.165) is 17.8 Å². The van der Waals surface area contributed by atoms with E-state index in [9.17, 15) is 4.79 Å². The van der Waals surface area contributed by atoms with E-state index in [2.05, 4.69) is 22.8 Å². The van der Waals surface area contributed by atoms with Crippen molar-refractivity contribution in [3.05, 3.63) is 65.7 Å². The van der Waals surface area contributed by atoms with E-state index in [0.29, 0.717) is 6.61 Å². The van der Waals surface area contributed by atoms with E-state index in [1.54, 1.807) is 0 Å². The zero-order valence-corrected chi connectivity index (χ0v) is 11.0. The standard InChI is InChI=1S/C16H16N2O2/c19-16-18-15(11-20-16)13-6-8-14(9-7-13)17-10-12-4-2-1-3-5-12/h1-9,15,17H,10-11H2,(H,18,19)/t15-/m0/s1. The van der Waals surface area contributed by atoms with Crippen LogP contribution in [-0.2, 0) is 11.3 Å². The molecule has 4 heteroatoms. The number of amides is 1. The number of rotatable bonds is 4. The van der Waals surface area contributed by atoms with Crippen molar-refractivity contribution >= 4 is 11.8 Å². The van der Waals surface area contributed by atoms with Gasteiger partial charge in [0.1, 0.15) is 6.61 Å². The lowest BCUT2D eigenvalue weighted by Gasteiger charge is -2.10. The highest BCUT2D eigenvalue weighted by Crippen LogP contribution is 2.20. The van der Waals surface area contributed by atoms with Crippen molar-refractivity contribution in [2.24, 2.45) is 0 Å². The molecule has 2 N–H and O–H groups in total. The lowest BCUT2D eigenvalue weighted by atomic mass is 10.1. The zero-order valence-electron chi connectivity index (χ0n) is 11.0. The first kappa shape index (κ1) is 12.5. The van der Waals surface area contributed by atoms with Gasteiger partial charge in [-0.25, -0.2) is 4.79 Å². The number of cyclic esters (lactones) is 1. The normalized spacial score (nSPS) is 17.4. The van der Waals surface area contributed by atoms with E-state index >= 15 is 0 Å². The molecule has 1 amide bonds. The van der Waals surface area contributed by atoms with Crippen molar-refractivity contribution in [1.82, 2.24) is 5.32 Å². The number of hydrogen-bond acceptors (Lipinski definition) is 3. The van der Waals surface area contributed by atoms with Crippen molar-refractivity contribution in [1.29, 1.82) is 0 Å². The Balaban J connectivity index is 1.60. The number of anilines is 1. The first-order valence-electron chi connectivity index (χ1n) is 6.62. The molecule has 0 aliphatic carbocycles. The molecule has 0 spiro atoms. The maximum atomic E-state index is 11.0. The molecule has 0 bridgehead atoms. The lowest BCUT2D eigenvalue weighted by Crippen LogP contribution is -2.18. The van der Waals surface area contributed by atoms with Crippen LogP contribution in [-0.4, -0.2) is 12.7 Å². The van der Waals surface area contributed by atoms with Crippen molar-refractivity contribution in [3.63, 3.8) is 0 Å². The third kappa shape index (κ3) is 2.91. The van der Waals surface area contributed by atoms with Crippen LogP contribution in [0.25, 0.3) is 0 Å². The molecule has 1 fully saturated rings. The van der Waals surface area contributed by atoms with Crippen LogP contribution in [0.3, 0.4) is 0 Å². The molecule has 1 atom stereocenters. The molecule has 1 aliphatic heterocycles. The van der Waals surface area contributed by atoms with Gasteiger partial charge in [0.25, 0.3) is 0 Å². The predicted molar refractivity (Wildman–Crippen MR) is 77.4 cm³/mol. The Morgan fingerprint density at radius 1 is 1.10 bits per heavy atom. The Morgan fingerprint density at radius 3 is 2.50 bits per heavy atom. The van der Waals surface area contributed by atoms with Crippen LogP contribution in [0.1, 0.15) is 17.2 Å². The van der Waals surface area contributed by atoms with Crippen LogP contribution >= 0.6 is 0 Å². The summed E-state index contributed by atoms with van der Waals surface area (Å²) < 4.78 is 4.89. The maximum absolute atomic E-state index is 11.0. The molecule has 4 nitrogen and oxygen atoms in total. The van der Waals surface area contributed by atoms with Gasteiger partial charge >= 0.3 is 6.09 Å². The fourth-order valence-corrected chi connectivity index (χ4v) is 2.20. The smallest absolute Gasteiger partial charge is 0.407 e. The highest BCUT2D eigenvalue weighted by atomic mass is 16.6. The Hall–Kier alpha value is -2.49. The van der Waals surface area contributed by atoms with Crippen molar-refractivity contribution < 1.29 is 9.53 Å². The second-order valence-corrected chi connectivity index (χ2v) is 4.76. The fourth-order valence-electron chi connectivity index (χ4n) is 2.20. The number of benzene rings is 2. The number of carbonyl (C=O) groups is 1. The highest BCUT2D eigenvalue weighted by Gasteiger charge is 2.23. The molecule has 1 aliphatic rings. The average molecular weight is 268 g/mol. The second kappa shape index (κ2) is 5.65. The van der Waals surface area contributed by atoms with Crippen LogP contribution in [0.15, 0.2) is 54.6 Å². The van der Waals surface area contributed by atoms with Crippen molar-refractivity contribution in [2.75, 3.05) is 11.9 Å². The zero-order chi connectivity index (χ0) is 13.8. The number of carbonyl (C=O) groups excluding carboxylic acids is 1. The Morgan fingerprint density at radius 2 is 1.85 bits per heavy atom. The Labute approximate surface area is 117 Å². The predicted octanol–water partition coefficient (Wildman–Crippen LogP) is 3.08. The van der Waals surface area contributed by atoms with Gasteiger partial charge in [0.05, 0.1) is 6.04 Å². The summed E-state index contributed by atoms with van der Waals surface area (Å²) in [5.74, 6) is 0. The van der Waals surface area contributed by atoms with E-state index in [4.69, 9.17) is 4.74 Å². The third-order valence-corrected chi connectivity index (χ3v) is 3.33. The van der Waals surface area contributed by atoms with Gasteiger partial charge in [-0.3, -0.25) is 0 Å². The second-order valence-electron chi connectivity index (χ2n) is 4.76. The van der Waals surface area contributed by atoms with E-state index in [1.165, 1.54) is 5.56 Å². The number of nitrogens with one attached hydrogen (secondary N) is 2. The Bertz CT molecular complexity index is 581. The monoisotopic (exact) mass is 268 g/mol. The molecular weight excluding hydrogens is 252 g/mol. The third-order valence-electron chi connectivity index (χ3n) is 3.33. The van der Waals surface area contributed by atoms with Gasteiger partial charge in [-0.05, 0) is 23.3 Å². The average Bonchev–Trinajstić information content (AvgIpc) is 2.93. The molecule has 1 saturated heterocycles. The van der Waals surface area contributed by atoms with Gasteiger partial charge in [-0.1, -0.05) is 42.5 Å². The van der Waals surface area contributed by atoms with Gasteiger partial charge < -0.3 is 15.4 Å². The fraction of sp³-hybridized carbons (Fsp3) is 0.188. The summed E-state index contributed by atoms with van der Waals surface area (Å²) in [6, 6.07) is 18.3. The number of hydrogen-bond donors (Lipinski definition) is 2. The van der Waals surface area contributed by atoms with E-state index in [-0.39, 0.29) is 12.1 Å².